The van der Waals surface area contributed by atoms with E-state index in [9.17, 15) is 19.5 Å². The van der Waals surface area contributed by atoms with Crippen LogP contribution in [0.3, 0.4) is 0 Å². The number of esters is 1. The molecule has 0 spiro atoms. The van der Waals surface area contributed by atoms with E-state index in [2.05, 4.69) is 6.58 Å². The van der Waals surface area contributed by atoms with Crippen LogP contribution < -0.4 is 0 Å². The molecule has 2 saturated heterocycles. The van der Waals surface area contributed by atoms with Crippen LogP contribution in [-0.2, 0) is 28.6 Å². The number of carbonyl (C=O) groups excluding carboxylic acids is 3. The lowest BCUT2D eigenvalue weighted by molar-refractivity contribution is -0.140. The number of hydrogen-bond donors (Lipinski definition) is 1. The lowest BCUT2D eigenvalue weighted by Crippen LogP contribution is -2.44. The Bertz CT molecular complexity index is 801. The van der Waals surface area contributed by atoms with E-state index in [-0.39, 0.29) is 35.9 Å². The summed E-state index contributed by atoms with van der Waals surface area (Å²) in [5.41, 5.74) is -1.64. The van der Waals surface area contributed by atoms with Gasteiger partial charge in [0.25, 0.3) is 0 Å². The van der Waals surface area contributed by atoms with Gasteiger partial charge in [-0.05, 0) is 19.9 Å². The molecule has 4 rings (SSSR count). The Morgan fingerprint density at radius 1 is 1.38 bits per heavy atom. The Balaban J connectivity index is 1.85. The van der Waals surface area contributed by atoms with Crippen LogP contribution in [0.2, 0.25) is 0 Å². The van der Waals surface area contributed by atoms with Gasteiger partial charge in [0.1, 0.15) is 17.5 Å². The highest BCUT2D eigenvalue weighted by atomic mass is 16.6. The first kappa shape index (κ1) is 17.2. The standard InChI is InChI=1S/C19H20O7/c1-9-15-11(16(22)19(3)8-24-19)6-18(2)14(21)5-12(26-18)10(7-20)4-13(15)25-17(9)23/h4-5,11,13,15,20H,1,6-8H2,2-3H3. The van der Waals surface area contributed by atoms with Gasteiger partial charge in [0, 0.05) is 35.5 Å². The monoisotopic (exact) mass is 360 g/mol. The van der Waals surface area contributed by atoms with Gasteiger partial charge in [-0.3, -0.25) is 9.59 Å². The fraction of sp³-hybridized carbons (Fsp3) is 0.526. The van der Waals surface area contributed by atoms with Crippen molar-refractivity contribution in [2.24, 2.45) is 11.8 Å². The zero-order valence-electron chi connectivity index (χ0n) is 14.6. The number of Topliss-reactive ketones (excluding diaryl/α,β-unsaturated/α-hetero) is 1. The highest BCUT2D eigenvalue weighted by Crippen LogP contribution is 2.47. The van der Waals surface area contributed by atoms with Gasteiger partial charge in [-0.1, -0.05) is 6.58 Å². The fourth-order valence-corrected chi connectivity index (χ4v) is 3.97. The van der Waals surface area contributed by atoms with E-state index in [0.29, 0.717) is 12.2 Å². The zero-order valence-corrected chi connectivity index (χ0v) is 14.6. The van der Waals surface area contributed by atoms with Crippen molar-refractivity contribution >= 4 is 17.5 Å². The number of hydrogen-bond acceptors (Lipinski definition) is 7. The molecule has 0 aromatic rings. The maximum Gasteiger partial charge on any atom is 0.334 e. The second-order valence-corrected chi connectivity index (χ2v) is 7.67. The normalized spacial score (nSPS) is 41.2. The first-order chi connectivity index (χ1) is 12.2. The molecule has 2 fully saturated rings. The molecule has 138 valence electrons. The Hall–Kier alpha value is -2.25. The summed E-state index contributed by atoms with van der Waals surface area (Å²) in [4.78, 5) is 37.8. The summed E-state index contributed by atoms with van der Waals surface area (Å²) < 4.78 is 16.5. The molecule has 0 saturated carbocycles. The molecule has 4 heterocycles. The number of aliphatic hydroxyl groups is 1. The van der Waals surface area contributed by atoms with Gasteiger partial charge in [-0.15, -0.1) is 0 Å². The molecule has 0 amide bonds. The maximum absolute atomic E-state index is 13.1. The Kier molecular flexibility index (Phi) is 3.55. The third-order valence-electron chi connectivity index (χ3n) is 5.71. The van der Waals surface area contributed by atoms with E-state index in [1.54, 1.807) is 19.9 Å². The topological polar surface area (TPSA) is 102 Å². The van der Waals surface area contributed by atoms with Crippen molar-refractivity contribution in [2.45, 2.75) is 37.6 Å². The van der Waals surface area contributed by atoms with Gasteiger partial charge in [0.15, 0.2) is 11.4 Å². The van der Waals surface area contributed by atoms with Crippen molar-refractivity contribution in [3.05, 3.63) is 35.6 Å². The van der Waals surface area contributed by atoms with Gasteiger partial charge in [0.2, 0.25) is 5.78 Å². The van der Waals surface area contributed by atoms with Crippen LogP contribution in [0.4, 0.5) is 0 Å². The summed E-state index contributed by atoms with van der Waals surface area (Å²) in [6.45, 7) is 7.03. The first-order valence-electron chi connectivity index (χ1n) is 8.54. The first-order valence-corrected chi connectivity index (χ1v) is 8.54. The van der Waals surface area contributed by atoms with Crippen molar-refractivity contribution in [1.29, 1.82) is 0 Å². The van der Waals surface area contributed by atoms with Crippen LogP contribution in [-0.4, -0.2) is 53.2 Å². The largest absolute Gasteiger partial charge is 0.479 e. The molecule has 4 aliphatic rings. The molecule has 7 nitrogen and oxygen atoms in total. The lowest BCUT2D eigenvalue weighted by Gasteiger charge is -2.31. The lowest BCUT2D eigenvalue weighted by atomic mass is 9.72. The number of fused-ring (bicyclic) bond motifs is 3. The molecule has 0 aromatic heterocycles. The average molecular weight is 360 g/mol. The van der Waals surface area contributed by atoms with Crippen LogP contribution in [0.25, 0.3) is 0 Å². The van der Waals surface area contributed by atoms with E-state index >= 15 is 0 Å². The van der Waals surface area contributed by atoms with Crippen molar-refractivity contribution in [1.82, 2.24) is 0 Å². The van der Waals surface area contributed by atoms with Crippen molar-refractivity contribution in [3.63, 3.8) is 0 Å². The third kappa shape index (κ3) is 2.38. The van der Waals surface area contributed by atoms with Gasteiger partial charge < -0.3 is 19.3 Å². The Morgan fingerprint density at radius 3 is 2.69 bits per heavy atom. The molecule has 5 atom stereocenters. The second-order valence-electron chi connectivity index (χ2n) is 7.67. The Morgan fingerprint density at radius 2 is 2.08 bits per heavy atom. The predicted octanol–water partition coefficient (Wildman–Crippen LogP) is 0.623. The van der Waals surface area contributed by atoms with E-state index in [1.807, 2.05) is 0 Å². The second kappa shape index (κ2) is 5.37. The molecule has 7 heteroatoms. The van der Waals surface area contributed by atoms with Crippen LogP contribution in [0, 0.1) is 11.8 Å². The Labute approximate surface area is 150 Å². The summed E-state index contributed by atoms with van der Waals surface area (Å²) in [6, 6.07) is 0. The number of carbonyl (C=O) groups is 3. The SMILES string of the molecule is C=C1C(=O)OC2C=C(CO)C3=CC(=O)C(C)(CC(C(=O)C4(C)CO4)C12)O3. The molecule has 1 N–H and O–H groups in total. The van der Waals surface area contributed by atoms with Crippen LogP contribution in [0.5, 0.6) is 0 Å². The fourth-order valence-electron chi connectivity index (χ4n) is 3.97. The summed E-state index contributed by atoms with van der Waals surface area (Å²) in [6.07, 6.45) is 2.20. The minimum Gasteiger partial charge on any atom is -0.479 e. The quantitative estimate of drug-likeness (QED) is 0.447. The number of epoxide rings is 1. The van der Waals surface area contributed by atoms with E-state index in [0.717, 1.165) is 0 Å². The molecule has 0 radical (unpaired) electrons. The van der Waals surface area contributed by atoms with Gasteiger partial charge in [-0.2, -0.15) is 0 Å². The minimum absolute atomic E-state index is 0.0764. The molecular formula is C19H20O7. The van der Waals surface area contributed by atoms with Gasteiger partial charge in [0.05, 0.1) is 13.2 Å². The summed E-state index contributed by atoms with van der Waals surface area (Å²) in [5, 5.41) is 9.71. The molecule has 4 aliphatic heterocycles. The summed E-state index contributed by atoms with van der Waals surface area (Å²) in [5.74, 6) is -2.17. The van der Waals surface area contributed by atoms with Crippen LogP contribution >= 0.6 is 0 Å². The number of rotatable bonds is 3. The molecule has 5 unspecified atom stereocenters. The molecule has 2 bridgehead atoms. The predicted molar refractivity (Wildman–Crippen MR) is 87.7 cm³/mol. The highest BCUT2D eigenvalue weighted by molar-refractivity contribution is 6.01. The van der Waals surface area contributed by atoms with Crippen molar-refractivity contribution in [3.8, 4) is 0 Å². The highest BCUT2D eigenvalue weighted by Gasteiger charge is 2.58. The van der Waals surface area contributed by atoms with E-state index < -0.39 is 35.1 Å². The molecular weight excluding hydrogens is 340 g/mol. The van der Waals surface area contributed by atoms with E-state index in [1.165, 1.54) is 6.08 Å². The third-order valence-corrected chi connectivity index (χ3v) is 5.71. The number of ketones is 2. The maximum atomic E-state index is 13.1. The van der Waals surface area contributed by atoms with Crippen LogP contribution in [0.1, 0.15) is 20.3 Å². The van der Waals surface area contributed by atoms with Crippen LogP contribution in [0.15, 0.2) is 35.6 Å². The molecule has 0 aromatic carbocycles. The molecule has 26 heavy (non-hydrogen) atoms. The minimum atomic E-state index is -1.25. The van der Waals surface area contributed by atoms with Gasteiger partial charge >= 0.3 is 5.97 Å². The van der Waals surface area contributed by atoms with Crippen molar-refractivity contribution < 1.29 is 33.7 Å². The number of ether oxygens (including phenoxy) is 3. The van der Waals surface area contributed by atoms with E-state index in [4.69, 9.17) is 14.2 Å². The zero-order chi connectivity index (χ0) is 18.9. The molecule has 0 aliphatic carbocycles. The van der Waals surface area contributed by atoms with Crippen molar-refractivity contribution in [2.75, 3.05) is 13.2 Å². The number of aliphatic hydroxyl groups excluding tert-OH is 1. The smallest absolute Gasteiger partial charge is 0.334 e. The average Bonchev–Trinajstić information content (AvgIpc) is 3.18. The van der Waals surface area contributed by atoms with Gasteiger partial charge in [-0.25, -0.2) is 4.79 Å². The summed E-state index contributed by atoms with van der Waals surface area (Å²) >= 11 is 0. The summed E-state index contributed by atoms with van der Waals surface area (Å²) in [7, 11) is 0.